The van der Waals surface area contributed by atoms with Crippen LogP contribution in [0, 0.1) is 0 Å². The molecule has 2 aromatic carbocycles. The lowest BCUT2D eigenvalue weighted by molar-refractivity contribution is -0.120. The van der Waals surface area contributed by atoms with Crippen LogP contribution >= 0.6 is 15.9 Å². The summed E-state index contributed by atoms with van der Waals surface area (Å²) in [6.07, 6.45) is 2.01. The molecule has 0 saturated carbocycles. The van der Waals surface area contributed by atoms with Crippen LogP contribution in [0.25, 0.3) is 0 Å². The van der Waals surface area contributed by atoms with Gasteiger partial charge in [0, 0.05) is 11.0 Å². The van der Waals surface area contributed by atoms with E-state index < -0.39 is 0 Å². The van der Waals surface area contributed by atoms with E-state index in [0.717, 1.165) is 26.9 Å². The molecule has 0 saturated heterocycles. The Hall–Kier alpha value is -2.37. The maximum Gasteiger partial charge on any atom is 0.224 e. The van der Waals surface area contributed by atoms with Gasteiger partial charge in [0.15, 0.2) is 0 Å². The van der Waals surface area contributed by atoms with Gasteiger partial charge in [-0.1, -0.05) is 52.3 Å². The maximum atomic E-state index is 12.1. The third-order valence-corrected chi connectivity index (χ3v) is 4.38. The first-order valence-corrected chi connectivity index (χ1v) is 9.17. The molecule has 0 aliphatic carbocycles. The molecule has 0 radical (unpaired) electrons. The Bertz CT molecular complexity index is 829. The molecular formula is C21H20BrNO3. The van der Waals surface area contributed by atoms with Gasteiger partial charge in [0.25, 0.3) is 0 Å². The quantitative estimate of drug-likeness (QED) is 0.586. The first kappa shape index (κ1) is 18.4. The monoisotopic (exact) mass is 413 g/mol. The van der Waals surface area contributed by atoms with Crippen LogP contribution < -0.4 is 5.32 Å². The zero-order valence-corrected chi connectivity index (χ0v) is 15.9. The van der Waals surface area contributed by atoms with Crippen molar-refractivity contribution in [1.29, 1.82) is 0 Å². The summed E-state index contributed by atoms with van der Waals surface area (Å²) in [4.78, 5) is 12.1. The summed E-state index contributed by atoms with van der Waals surface area (Å²) in [5, 5.41) is 2.96. The van der Waals surface area contributed by atoms with Gasteiger partial charge in [-0.05, 0) is 41.0 Å². The summed E-state index contributed by atoms with van der Waals surface area (Å²) in [7, 11) is 0. The highest BCUT2D eigenvalue weighted by molar-refractivity contribution is 9.10. The number of carbonyl (C=O) groups is 1. The van der Waals surface area contributed by atoms with E-state index in [2.05, 4.69) is 21.2 Å². The van der Waals surface area contributed by atoms with Crippen molar-refractivity contribution in [3.8, 4) is 0 Å². The summed E-state index contributed by atoms with van der Waals surface area (Å²) in [6, 6.07) is 19.5. The summed E-state index contributed by atoms with van der Waals surface area (Å²) in [6.45, 7) is 1.45. The molecule has 0 fully saturated rings. The normalized spacial score (nSPS) is 10.7. The Kier molecular flexibility index (Phi) is 6.63. The number of hydrogen-bond donors (Lipinski definition) is 1. The zero-order valence-electron chi connectivity index (χ0n) is 14.3. The van der Waals surface area contributed by atoms with E-state index in [1.54, 1.807) is 6.26 Å². The molecule has 1 heterocycles. The SMILES string of the molecule is O=C(Cc1ccc(Br)cc1)NCc1cccc(COCc2ccco2)c1. The molecule has 3 aromatic rings. The molecule has 0 unspecified atom stereocenters. The van der Waals surface area contributed by atoms with Crippen molar-refractivity contribution in [1.82, 2.24) is 5.32 Å². The molecule has 1 N–H and O–H groups in total. The fraction of sp³-hybridized carbons (Fsp3) is 0.190. The summed E-state index contributed by atoms with van der Waals surface area (Å²) in [5.41, 5.74) is 3.11. The third-order valence-electron chi connectivity index (χ3n) is 3.85. The van der Waals surface area contributed by atoms with Crippen molar-refractivity contribution in [3.05, 3.63) is 93.9 Å². The minimum absolute atomic E-state index is 0.00629. The van der Waals surface area contributed by atoms with Gasteiger partial charge in [0.2, 0.25) is 5.91 Å². The number of amides is 1. The number of furan rings is 1. The van der Waals surface area contributed by atoms with Crippen molar-refractivity contribution >= 4 is 21.8 Å². The summed E-state index contributed by atoms with van der Waals surface area (Å²) < 4.78 is 11.9. The van der Waals surface area contributed by atoms with Gasteiger partial charge in [0.1, 0.15) is 12.4 Å². The predicted octanol–water partition coefficient (Wildman–Crippen LogP) is 4.62. The molecule has 1 aromatic heterocycles. The van der Waals surface area contributed by atoms with Gasteiger partial charge in [-0.2, -0.15) is 0 Å². The molecule has 5 heteroatoms. The maximum absolute atomic E-state index is 12.1. The Morgan fingerprint density at radius 3 is 2.54 bits per heavy atom. The van der Waals surface area contributed by atoms with Crippen LogP contribution in [-0.2, 0) is 35.7 Å². The van der Waals surface area contributed by atoms with Gasteiger partial charge in [-0.3, -0.25) is 4.79 Å². The fourth-order valence-corrected chi connectivity index (χ4v) is 2.81. The predicted molar refractivity (Wildman–Crippen MR) is 103 cm³/mol. The van der Waals surface area contributed by atoms with Crippen LogP contribution in [0.4, 0.5) is 0 Å². The average molecular weight is 414 g/mol. The molecule has 0 aliphatic heterocycles. The van der Waals surface area contributed by atoms with E-state index in [1.807, 2.05) is 60.7 Å². The molecular weight excluding hydrogens is 394 g/mol. The molecule has 26 heavy (non-hydrogen) atoms. The second kappa shape index (κ2) is 9.36. The highest BCUT2D eigenvalue weighted by atomic mass is 79.9. The minimum atomic E-state index is 0.00629. The largest absolute Gasteiger partial charge is 0.467 e. The Labute approximate surface area is 161 Å². The van der Waals surface area contributed by atoms with Crippen molar-refractivity contribution in [2.45, 2.75) is 26.2 Å². The van der Waals surface area contributed by atoms with Crippen LogP contribution in [-0.4, -0.2) is 5.91 Å². The standard InChI is InChI=1S/C21H20BrNO3/c22-19-8-6-16(7-9-19)12-21(24)23-13-17-3-1-4-18(11-17)14-25-15-20-5-2-10-26-20/h1-11H,12-15H2,(H,23,24). The van der Waals surface area contributed by atoms with E-state index in [0.29, 0.717) is 26.2 Å². The Balaban J connectivity index is 1.45. The summed E-state index contributed by atoms with van der Waals surface area (Å²) in [5.74, 6) is 0.813. The lowest BCUT2D eigenvalue weighted by Gasteiger charge is -2.08. The average Bonchev–Trinajstić information content (AvgIpc) is 3.16. The smallest absolute Gasteiger partial charge is 0.224 e. The molecule has 134 valence electrons. The number of hydrogen-bond acceptors (Lipinski definition) is 3. The van der Waals surface area contributed by atoms with Gasteiger partial charge in [-0.25, -0.2) is 0 Å². The first-order valence-electron chi connectivity index (χ1n) is 8.38. The number of nitrogens with one attached hydrogen (secondary N) is 1. The number of halogens is 1. The van der Waals surface area contributed by atoms with E-state index in [9.17, 15) is 4.79 Å². The molecule has 4 nitrogen and oxygen atoms in total. The van der Waals surface area contributed by atoms with Crippen molar-refractivity contribution in [2.75, 3.05) is 0 Å². The van der Waals surface area contributed by atoms with Crippen LogP contribution in [0.5, 0.6) is 0 Å². The molecule has 0 atom stereocenters. The van der Waals surface area contributed by atoms with E-state index in [1.165, 1.54) is 0 Å². The molecule has 3 rings (SSSR count). The highest BCUT2D eigenvalue weighted by Crippen LogP contribution is 2.12. The second-order valence-electron chi connectivity index (χ2n) is 5.97. The van der Waals surface area contributed by atoms with Crippen LogP contribution in [0.2, 0.25) is 0 Å². The lowest BCUT2D eigenvalue weighted by Crippen LogP contribution is -2.24. The van der Waals surface area contributed by atoms with E-state index in [4.69, 9.17) is 9.15 Å². The van der Waals surface area contributed by atoms with Crippen LogP contribution in [0.15, 0.2) is 75.8 Å². The van der Waals surface area contributed by atoms with Crippen LogP contribution in [0.1, 0.15) is 22.5 Å². The Morgan fingerprint density at radius 2 is 1.77 bits per heavy atom. The Morgan fingerprint density at radius 1 is 0.962 bits per heavy atom. The van der Waals surface area contributed by atoms with Gasteiger partial charge >= 0.3 is 0 Å². The lowest BCUT2D eigenvalue weighted by atomic mass is 10.1. The van der Waals surface area contributed by atoms with Gasteiger partial charge in [0.05, 0.1) is 19.3 Å². The van der Waals surface area contributed by atoms with Gasteiger partial charge in [-0.15, -0.1) is 0 Å². The molecule has 1 amide bonds. The zero-order chi connectivity index (χ0) is 18.2. The topological polar surface area (TPSA) is 51.5 Å². The number of carbonyl (C=O) groups excluding carboxylic acids is 1. The minimum Gasteiger partial charge on any atom is -0.467 e. The van der Waals surface area contributed by atoms with Crippen molar-refractivity contribution in [3.63, 3.8) is 0 Å². The highest BCUT2D eigenvalue weighted by Gasteiger charge is 2.04. The summed E-state index contributed by atoms with van der Waals surface area (Å²) >= 11 is 3.39. The fourth-order valence-electron chi connectivity index (χ4n) is 2.54. The van der Waals surface area contributed by atoms with Crippen LogP contribution in [0.3, 0.4) is 0 Å². The van der Waals surface area contributed by atoms with E-state index >= 15 is 0 Å². The van der Waals surface area contributed by atoms with Crippen molar-refractivity contribution in [2.24, 2.45) is 0 Å². The number of rotatable bonds is 8. The van der Waals surface area contributed by atoms with Gasteiger partial charge < -0.3 is 14.5 Å². The van der Waals surface area contributed by atoms with Crippen molar-refractivity contribution < 1.29 is 13.9 Å². The number of ether oxygens (including phenoxy) is 1. The third kappa shape index (κ3) is 5.86. The second-order valence-corrected chi connectivity index (χ2v) is 6.89. The molecule has 0 bridgehead atoms. The number of benzene rings is 2. The first-order chi connectivity index (χ1) is 12.7. The van der Waals surface area contributed by atoms with E-state index in [-0.39, 0.29) is 5.91 Å². The molecule has 0 aliphatic rings. The molecule has 0 spiro atoms.